The third-order valence-electron chi connectivity index (χ3n) is 2.44. The smallest absolute Gasteiger partial charge is 0.332 e. The SMILES string of the molecule is N[C@H](C(=O)NCC[C@H](O)C(=O)O)c1ccccc1. The molecule has 5 N–H and O–H groups in total. The van der Waals surface area contributed by atoms with E-state index >= 15 is 0 Å². The molecule has 6 nitrogen and oxygen atoms in total. The summed E-state index contributed by atoms with van der Waals surface area (Å²) in [7, 11) is 0. The van der Waals surface area contributed by atoms with E-state index < -0.39 is 24.0 Å². The van der Waals surface area contributed by atoms with Gasteiger partial charge in [0.05, 0.1) is 0 Å². The van der Waals surface area contributed by atoms with Crippen LogP contribution in [-0.4, -0.2) is 34.7 Å². The van der Waals surface area contributed by atoms with Crippen LogP contribution in [0.3, 0.4) is 0 Å². The minimum absolute atomic E-state index is 0.0530. The van der Waals surface area contributed by atoms with E-state index in [9.17, 15) is 9.59 Å². The molecule has 0 spiro atoms. The fraction of sp³-hybridized carbons (Fsp3) is 0.333. The van der Waals surface area contributed by atoms with E-state index in [4.69, 9.17) is 15.9 Å². The highest BCUT2D eigenvalue weighted by Gasteiger charge is 2.17. The zero-order valence-electron chi connectivity index (χ0n) is 9.74. The molecule has 0 heterocycles. The molecule has 1 aromatic carbocycles. The molecule has 0 bridgehead atoms. The number of amides is 1. The van der Waals surface area contributed by atoms with Crippen molar-refractivity contribution in [1.82, 2.24) is 5.32 Å². The molecule has 98 valence electrons. The molecule has 1 rings (SSSR count). The van der Waals surface area contributed by atoms with Gasteiger partial charge in [-0.15, -0.1) is 0 Å². The Kier molecular flexibility index (Phi) is 5.29. The number of carboxylic acid groups (broad SMARTS) is 1. The minimum atomic E-state index is -1.47. The lowest BCUT2D eigenvalue weighted by atomic mass is 10.1. The predicted molar refractivity (Wildman–Crippen MR) is 64.6 cm³/mol. The number of carbonyl (C=O) groups is 2. The van der Waals surface area contributed by atoms with Crippen molar-refractivity contribution in [3.63, 3.8) is 0 Å². The van der Waals surface area contributed by atoms with Crippen molar-refractivity contribution in [2.45, 2.75) is 18.6 Å². The van der Waals surface area contributed by atoms with Crippen molar-refractivity contribution < 1.29 is 19.8 Å². The normalized spacial score (nSPS) is 13.7. The topological polar surface area (TPSA) is 113 Å². The average molecular weight is 252 g/mol. The summed E-state index contributed by atoms with van der Waals surface area (Å²) >= 11 is 0. The molecule has 0 aliphatic rings. The van der Waals surface area contributed by atoms with Gasteiger partial charge >= 0.3 is 5.97 Å². The first-order chi connectivity index (χ1) is 8.52. The fourth-order valence-electron chi connectivity index (χ4n) is 1.38. The summed E-state index contributed by atoms with van der Waals surface area (Å²) in [5.74, 6) is -1.71. The number of aliphatic hydroxyl groups is 1. The zero-order chi connectivity index (χ0) is 13.5. The highest BCUT2D eigenvalue weighted by atomic mass is 16.4. The molecule has 0 unspecified atom stereocenters. The number of aliphatic hydroxyl groups excluding tert-OH is 1. The quantitative estimate of drug-likeness (QED) is 0.552. The molecule has 0 aromatic heterocycles. The lowest BCUT2D eigenvalue weighted by Crippen LogP contribution is -2.36. The molecule has 0 saturated heterocycles. The van der Waals surface area contributed by atoms with Gasteiger partial charge in [-0.1, -0.05) is 30.3 Å². The lowest BCUT2D eigenvalue weighted by molar-refractivity contribution is -0.147. The maximum absolute atomic E-state index is 11.6. The van der Waals surface area contributed by atoms with E-state index in [1.54, 1.807) is 24.3 Å². The van der Waals surface area contributed by atoms with E-state index in [1.165, 1.54) is 0 Å². The summed E-state index contributed by atoms with van der Waals surface area (Å²) in [6.07, 6.45) is -1.53. The van der Waals surface area contributed by atoms with Gasteiger partial charge in [0.2, 0.25) is 5.91 Å². The lowest BCUT2D eigenvalue weighted by Gasteiger charge is -2.13. The Hall–Kier alpha value is -1.92. The number of carboxylic acids is 1. The molecule has 0 aliphatic heterocycles. The number of nitrogens with one attached hydrogen (secondary N) is 1. The van der Waals surface area contributed by atoms with Crippen molar-refractivity contribution in [3.05, 3.63) is 35.9 Å². The Labute approximate surface area is 104 Å². The van der Waals surface area contributed by atoms with Gasteiger partial charge in [-0.3, -0.25) is 4.79 Å². The van der Waals surface area contributed by atoms with Crippen LogP contribution in [0.4, 0.5) is 0 Å². The maximum Gasteiger partial charge on any atom is 0.332 e. The molecule has 0 aliphatic carbocycles. The Balaban J connectivity index is 2.40. The Morgan fingerprint density at radius 2 is 1.89 bits per heavy atom. The third kappa shape index (κ3) is 4.15. The number of hydrogen-bond acceptors (Lipinski definition) is 4. The standard InChI is InChI=1S/C12H16N2O4/c13-10(8-4-2-1-3-5-8)11(16)14-7-6-9(15)12(17)18/h1-5,9-10,15H,6-7,13H2,(H,14,16)(H,17,18)/t9-,10-/m0/s1. The highest BCUT2D eigenvalue weighted by Crippen LogP contribution is 2.09. The van der Waals surface area contributed by atoms with Crippen molar-refractivity contribution >= 4 is 11.9 Å². The van der Waals surface area contributed by atoms with Crippen LogP contribution in [0, 0.1) is 0 Å². The molecular formula is C12H16N2O4. The summed E-state index contributed by atoms with van der Waals surface area (Å²) < 4.78 is 0. The number of nitrogens with two attached hydrogens (primary N) is 1. The second kappa shape index (κ2) is 6.73. The van der Waals surface area contributed by atoms with Crippen LogP contribution in [-0.2, 0) is 9.59 Å². The molecule has 1 amide bonds. The van der Waals surface area contributed by atoms with Gasteiger partial charge in [-0.25, -0.2) is 4.79 Å². The molecular weight excluding hydrogens is 236 g/mol. The Bertz CT molecular complexity index is 408. The maximum atomic E-state index is 11.6. The Morgan fingerprint density at radius 1 is 1.28 bits per heavy atom. The van der Waals surface area contributed by atoms with Crippen LogP contribution in [0.2, 0.25) is 0 Å². The van der Waals surface area contributed by atoms with Crippen LogP contribution in [0.15, 0.2) is 30.3 Å². The molecule has 2 atom stereocenters. The van der Waals surface area contributed by atoms with E-state index in [-0.39, 0.29) is 13.0 Å². The molecule has 18 heavy (non-hydrogen) atoms. The number of hydrogen-bond donors (Lipinski definition) is 4. The van der Waals surface area contributed by atoms with Crippen LogP contribution < -0.4 is 11.1 Å². The monoisotopic (exact) mass is 252 g/mol. The molecule has 1 aromatic rings. The van der Waals surface area contributed by atoms with Crippen molar-refractivity contribution in [1.29, 1.82) is 0 Å². The number of aliphatic carboxylic acids is 1. The van der Waals surface area contributed by atoms with E-state index in [1.807, 2.05) is 6.07 Å². The third-order valence-corrected chi connectivity index (χ3v) is 2.44. The second-order valence-electron chi connectivity index (χ2n) is 3.82. The van der Waals surface area contributed by atoms with Crippen LogP contribution >= 0.6 is 0 Å². The van der Waals surface area contributed by atoms with Gasteiger partial charge < -0.3 is 21.3 Å². The summed E-state index contributed by atoms with van der Waals surface area (Å²) in [6.45, 7) is 0.0623. The predicted octanol–water partition coefficient (Wildman–Crippen LogP) is -0.362. The first-order valence-corrected chi connectivity index (χ1v) is 5.51. The summed E-state index contributed by atoms with van der Waals surface area (Å²) in [5, 5.41) is 19.9. The number of carbonyl (C=O) groups excluding carboxylic acids is 1. The van der Waals surface area contributed by atoms with E-state index in [0.29, 0.717) is 5.56 Å². The fourth-order valence-corrected chi connectivity index (χ4v) is 1.38. The first-order valence-electron chi connectivity index (χ1n) is 5.51. The van der Waals surface area contributed by atoms with Gasteiger partial charge in [0.15, 0.2) is 6.10 Å². The zero-order valence-corrected chi connectivity index (χ0v) is 9.74. The molecule has 0 saturated carbocycles. The van der Waals surface area contributed by atoms with E-state index in [0.717, 1.165) is 0 Å². The van der Waals surface area contributed by atoms with Crippen LogP contribution in [0.25, 0.3) is 0 Å². The van der Waals surface area contributed by atoms with Gasteiger partial charge in [0.25, 0.3) is 0 Å². The first kappa shape index (κ1) is 14.1. The summed E-state index contributed by atoms with van der Waals surface area (Å²) in [6, 6.07) is 8.03. The van der Waals surface area contributed by atoms with Gasteiger partial charge in [0, 0.05) is 13.0 Å². The summed E-state index contributed by atoms with van der Waals surface area (Å²) in [4.78, 5) is 22.0. The van der Waals surface area contributed by atoms with Crippen LogP contribution in [0.1, 0.15) is 18.0 Å². The van der Waals surface area contributed by atoms with Gasteiger partial charge in [0.1, 0.15) is 6.04 Å². The van der Waals surface area contributed by atoms with Gasteiger partial charge in [-0.05, 0) is 5.56 Å². The average Bonchev–Trinajstić information content (AvgIpc) is 2.38. The van der Waals surface area contributed by atoms with Gasteiger partial charge in [-0.2, -0.15) is 0 Å². The van der Waals surface area contributed by atoms with Crippen molar-refractivity contribution in [3.8, 4) is 0 Å². The highest BCUT2D eigenvalue weighted by molar-refractivity contribution is 5.82. The number of rotatable bonds is 6. The number of benzene rings is 1. The van der Waals surface area contributed by atoms with Crippen LogP contribution in [0.5, 0.6) is 0 Å². The second-order valence-corrected chi connectivity index (χ2v) is 3.82. The van der Waals surface area contributed by atoms with Crippen molar-refractivity contribution in [2.24, 2.45) is 5.73 Å². The van der Waals surface area contributed by atoms with Crippen molar-refractivity contribution in [2.75, 3.05) is 6.54 Å². The Morgan fingerprint density at radius 3 is 2.44 bits per heavy atom. The molecule has 0 fully saturated rings. The summed E-state index contributed by atoms with van der Waals surface area (Å²) in [5.41, 5.74) is 6.40. The largest absolute Gasteiger partial charge is 0.479 e. The minimum Gasteiger partial charge on any atom is -0.479 e. The molecule has 6 heteroatoms. The van der Waals surface area contributed by atoms with E-state index in [2.05, 4.69) is 5.32 Å². The molecule has 0 radical (unpaired) electrons.